The van der Waals surface area contributed by atoms with Gasteiger partial charge in [0.15, 0.2) is 0 Å². The fraction of sp³-hybridized carbons (Fsp3) is 0.235. The normalized spacial score (nSPS) is 13.4. The minimum Gasteiger partial charge on any atom is -0.323 e. The molecule has 0 spiro atoms. The number of carbonyl (C=O) groups is 1. The summed E-state index contributed by atoms with van der Waals surface area (Å²) in [6.07, 6.45) is 0. The molecule has 0 radical (unpaired) electrons. The first-order valence-corrected chi connectivity index (χ1v) is 8.27. The van der Waals surface area contributed by atoms with Crippen LogP contribution in [0.1, 0.15) is 25.5 Å². The van der Waals surface area contributed by atoms with E-state index in [1.165, 1.54) is 0 Å². The van der Waals surface area contributed by atoms with E-state index in [1.54, 1.807) is 25.1 Å². The lowest BCUT2D eigenvalue weighted by Gasteiger charge is -2.20. The SMILES string of the molecule is C[C@H](N[C@H](C)C(=O)Nc1cc(Cl)ccc1Cl)c1cccc(Cl)c1. The third kappa shape index (κ3) is 5.11. The molecule has 6 heteroatoms. The fourth-order valence-electron chi connectivity index (χ4n) is 2.16. The van der Waals surface area contributed by atoms with Gasteiger partial charge in [0.25, 0.3) is 0 Å². The quantitative estimate of drug-likeness (QED) is 0.746. The van der Waals surface area contributed by atoms with Gasteiger partial charge in [-0.25, -0.2) is 0 Å². The topological polar surface area (TPSA) is 41.1 Å². The molecule has 2 rings (SSSR count). The molecule has 0 aliphatic rings. The van der Waals surface area contributed by atoms with Crippen molar-refractivity contribution in [1.82, 2.24) is 5.32 Å². The number of hydrogen-bond donors (Lipinski definition) is 2. The van der Waals surface area contributed by atoms with Gasteiger partial charge in [-0.05, 0) is 49.7 Å². The molecule has 0 heterocycles. The average Bonchev–Trinajstić information content (AvgIpc) is 2.50. The van der Waals surface area contributed by atoms with Crippen LogP contribution in [0.25, 0.3) is 0 Å². The number of benzene rings is 2. The molecule has 2 aromatic carbocycles. The lowest BCUT2D eigenvalue weighted by atomic mass is 10.1. The van der Waals surface area contributed by atoms with Crippen LogP contribution in [-0.2, 0) is 4.79 Å². The minimum atomic E-state index is -0.418. The summed E-state index contributed by atoms with van der Waals surface area (Å²) in [5.74, 6) is -0.192. The Morgan fingerprint density at radius 3 is 2.39 bits per heavy atom. The van der Waals surface area contributed by atoms with Gasteiger partial charge in [-0.15, -0.1) is 0 Å². The Morgan fingerprint density at radius 1 is 1.00 bits per heavy atom. The third-order valence-electron chi connectivity index (χ3n) is 3.43. The molecule has 0 bridgehead atoms. The van der Waals surface area contributed by atoms with E-state index < -0.39 is 6.04 Å². The maximum atomic E-state index is 12.3. The number of amides is 1. The Morgan fingerprint density at radius 2 is 1.70 bits per heavy atom. The molecule has 3 nitrogen and oxygen atoms in total. The monoisotopic (exact) mass is 370 g/mol. The molecule has 0 fully saturated rings. The Labute approximate surface area is 150 Å². The zero-order valence-corrected chi connectivity index (χ0v) is 15.0. The number of nitrogens with one attached hydrogen (secondary N) is 2. The van der Waals surface area contributed by atoms with Crippen molar-refractivity contribution in [1.29, 1.82) is 0 Å². The Bertz CT molecular complexity index is 706. The van der Waals surface area contributed by atoms with Crippen LogP contribution < -0.4 is 10.6 Å². The summed E-state index contributed by atoms with van der Waals surface area (Å²) in [7, 11) is 0. The zero-order valence-electron chi connectivity index (χ0n) is 12.7. The minimum absolute atomic E-state index is 0.0238. The molecule has 2 atom stereocenters. The summed E-state index contributed by atoms with van der Waals surface area (Å²) in [4.78, 5) is 12.3. The molecule has 2 aromatic rings. The molecule has 0 aliphatic carbocycles. The predicted octanol–water partition coefficient (Wildman–Crippen LogP) is 5.32. The number of anilines is 1. The lowest BCUT2D eigenvalue weighted by Crippen LogP contribution is -2.39. The van der Waals surface area contributed by atoms with Crippen molar-refractivity contribution >= 4 is 46.4 Å². The van der Waals surface area contributed by atoms with E-state index in [4.69, 9.17) is 34.8 Å². The van der Waals surface area contributed by atoms with Crippen LogP contribution in [0.15, 0.2) is 42.5 Å². The van der Waals surface area contributed by atoms with Gasteiger partial charge in [-0.1, -0.05) is 46.9 Å². The summed E-state index contributed by atoms with van der Waals surface area (Å²) < 4.78 is 0. The Kier molecular flexibility index (Phi) is 6.31. The van der Waals surface area contributed by atoms with E-state index in [0.717, 1.165) is 5.56 Å². The molecular formula is C17H17Cl3N2O. The first-order chi connectivity index (χ1) is 10.9. The van der Waals surface area contributed by atoms with Crippen LogP contribution in [0.5, 0.6) is 0 Å². The van der Waals surface area contributed by atoms with Gasteiger partial charge in [-0.2, -0.15) is 0 Å². The van der Waals surface area contributed by atoms with Gasteiger partial charge in [0.1, 0.15) is 0 Å². The maximum absolute atomic E-state index is 12.3. The number of rotatable bonds is 5. The fourth-order valence-corrected chi connectivity index (χ4v) is 2.69. The van der Waals surface area contributed by atoms with Gasteiger partial charge < -0.3 is 5.32 Å². The van der Waals surface area contributed by atoms with Crippen LogP contribution in [0.4, 0.5) is 5.69 Å². The van der Waals surface area contributed by atoms with Crippen molar-refractivity contribution in [2.24, 2.45) is 0 Å². The maximum Gasteiger partial charge on any atom is 0.241 e. The van der Waals surface area contributed by atoms with Gasteiger partial charge in [0.05, 0.1) is 16.8 Å². The number of halogens is 3. The van der Waals surface area contributed by atoms with Crippen molar-refractivity contribution in [3.8, 4) is 0 Å². The standard InChI is InChI=1S/C17H17Cl3N2O/c1-10(12-4-3-5-13(18)8-12)21-11(2)17(23)22-16-9-14(19)6-7-15(16)20/h3-11,21H,1-2H3,(H,22,23)/t10-,11+/m0/s1. The molecular weight excluding hydrogens is 355 g/mol. The highest BCUT2D eigenvalue weighted by atomic mass is 35.5. The van der Waals surface area contributed by atoms with E-state index in [2.05, 4.69) is 10.6 Å². The van der Waals surface area contributed by atoms with Crippen LogP contribution >= 0.6 is 34.8 Å². The molecule has 23 heavy (non-hydrogen) atoms. The molecule has 122 valence electrons. The second-order valence-corrected chi connectivity index (χ2v) is 6.56. The van der Waals surface area contributed by atoms with Crippen molar-refractivity contribution in [2.75, 3.05) is 5.32 Å². The van der Waals surface area contributed by atoms with E-state index in [9.17, 15) is 4.79 Å². The average molecular weight is 372 g/mol. The van der Waals surface area contributed by atoms with Crippen molar-refractivity contribution < 1.29 is 4.79 Å². The van der Waals surface area contributed by atoms with E-state index in [1.807, 2.05) is 31.2 Å². The highest BCUT2D eigenvalue weighted by Crippen LogP contribution is 2.25. The van der Waals surface area contributed by atoms with Gasteiger partial charge in [0, 0.05) is 16.1 Å². The molecule has 0 unspecified atom stereocenters. The summed E-state index contributed by atoms with van der Waals surface area (Å²) in [6, 6.07) is 12.0. The lowest BCUT2D eigenvalue weighted by molar-refractivity contribution is -0.117. The second kappa shape index (κ2) is 8.02. The van der Waals surface area contributed by atoms with Gasteiger partial charge in [0.2, 0.25) is 5.91 Å². The summed E-state index contributed by atoms with van der Waals surface area (Å²) in [5, 5.41) is 7.63. The van der Waals surface area contributed by atoms with Crippen LogP contribution in [0.3, 0.4) is 0 Å². The zero-order chi connectivity index (χ0) is 17.0. The summed E-state index contributed by atoms with van der Waals surface area (Å²) in [6.45, 7) is 3.76. The van der Waals surface area contributed by atoms with Crippen LogP contribution in [-0.4, -0.2) is 11.9 Å². The number of carbonyl (C=O) groups excluding carboxylic acids is 1. The molecule has 0 aromatic heterocycles. The number of hydrogen-bond acceptors (Lipinski definition) is 2. The summed E-state index contributed by atoms with van der Waals surface area (Å²) in [5.41, 5.74) is 1.51. The van der Waals surface area contributed by atoms with Gasteiger partial charge >= 0.3 is 0 Å². The Balaban J connectivity index is 2.01. The van der Waals surface area contributed by atoms with Crippen molar-refractivity contribution in [3.63, 3.8) is 0 Å². The highest BCUT2D eigenvalue weighted by Gasteiger charge is 2.17. The second-order valence-electron chi connectivity index (χ2n) is 5.28. The summed E-state index contributed by atoms with van der Waals surface area (Å²) >= 11 is 18.0. The van der Waals surface area contributed by atoms with E-state index in [0.29, 0.717) is 20.8 Å². The van der Waals surface area contributed by atoms with Crippen LogP contribution in [0.2, 0.25) is 15.1 Å². The smallest absolute Gasteiger partial charge is 0.241 e. The first-order valence-electron chi connectivity index (χ1n) is 7.14. The van der Waals surface area contributed by atoms with Gasteiger partial charge in [-0.3, -0.25) is 10.1 Å². The molecule has 0 saturated heterocycles. The molecule has 1 amide bonds. The highest BCUT2D eigenvalue weighted by molar-refractivity contribution is 6.35. The molecule has 2 N–H and O–H groups in total. The van der Waals surface area contributed by atoms with Crippen molar-refractivity contribution in [3.05, 3.63) is 63.1 Å². The molecule has 0 saturated carbocycles. The Hall–Kier alpha value is -1.26. The van der Waals surface area contributed by atoms with E-state index in [-0.39, 0.29) is 11.9 Å². The van der Waals surface area contributed by atoms with E-state index >= 15 is 0 Å². The molecule has 0 aliphatic heterocycles. The van der Waals surface area contributed by atoms with Crippen LogP contribution in [0, 0.1) is 0 Å². The predicted molar refractivity (Wildman–Crippen MR) is 97.6 cm³/mol. The largest absolute Gasteiger partial charge is 0.323 e. The van der Waals surface area contributed by atoms with Crippen molar-refractivity contribution in [2.45, 2.75) is 25.9 Å². The first kappa shape index (κ1) is 18.1. The third-order valence-corrected chi connectivity index (χ3v) is 4.23.